The highest BCUT2D eigenvalue weighted by atomic mass is 16.5. The Bertz CT molecular complexity index is 445. The molecule has 4 unspecified atom stereocenters. The fraction of sp³-hybridized carbons (Fsp3) is 0.562. The maximum atomic E-state index is 12.3. The van der Waals surface area contributed by atoms with Crippen LogP contribution in [0, 0.1) is 11.8 Å². The van der Waals surface area contributed by atoms with Crippen molar-refractivity contribution >= 4 is 5.97 Å². The second-order valence-corrected chi connectivity index (χ2v) is 5.78. The van der Waals surface area contributed by atoms with Crippen LogP contribution < -0.4 is 5.32 Å². The average molecular weight is 259 g/mol. The van der Waals surface area contributed by atoms with Gasteiger partial charge in [-0.1, -0.05) is 30.3 Å². The SMILES string of the molecule is CNC(C(=O)OC1CC2CCC1C2)c1ccccc1. The van der Waals surface area contributed by atoms with Crippen LogP contribution >= 0.6 is 0 Å². The van der Waals surface area contributed by atoms with Gasteiger partial charge < -0.3 is 10.1 Å². The number of nitrogens with one attached hydrogen (secondary N) is 1. The van der Waals surface area contributed by atoms with Crippen molar-refractivity contribution < 1.29 is 9.53 Å². The molecule has 0 spiro atoms. The van der Waals surface area contributed by atoms with E-state index >= 15 is 0 Å². The van der Waals surface area contributed by atoms with E-state index in [1.54, 1.807) is 7.05 Å². The highest BCUT2D eigenvalue weighted by Gasteiger charge is 2.42. The monoisotopic (exact) mass is 259 g/mol. The minimum atomic E-state index is -0.347. The van der Waals surface area contributed by atoms with E-state index in [0.29, 0.717) is 5.92 Å². The molecule has 3 heteroatoms. The van der Waals surface area contributed by atoms with Gasteiger partial charge in [-0.15, -0.1) is 0 Å². The Morgan fingerprint density at radius 3 is 2.63 bits per heavy atom. The van der Waals surface area contributed by atoms with Gasteiger partial charge in [0.2, 0.25) is 0 Å². The van der Waals surface area contributed by atoms with Gasteiger partial charge in [0.25, 0.3) is 0 Å². The van der Waals surface area contributed by atoms with Gasteiger partial charge in [-0.05, 0) is 50.1 Å². The fourth-order valence-electron chi connectivity index (χ4n) is 3.61. The number of hydrogen-bond donors (Lipinski definition) is 1. The predicted molar refractivity (Wildman–Crippen MR) is 73.6 cm³/mol. The predicted octanol–water partition coefficient (Wildman–Crippen LogP) is 2.68. The fourth-order valence-corrected chi connectivity index (χ4v) is 3.61. The number of fused-ring (bicyclic) bond motifs is 2. The number of rotatable bonds is 4. The van der Waals surface area contributed by atoms with Crippen LogP contribution in [0.25, 0.3) is 0 Å². The zero-order valence-corrected chi connectivity index (χ0v) is 11.3. The van der Waals surface area contributed by atoms with Crippen LogP contribution in [-0.2, 0) is 9.53 Å². The molecule has 102 valence electrons. The first kappa shape index (κ1) is 12.7. The minimum Gasteiger partial charge on any atom is -0.461 e. The van der Waals surface area contributed by atoms with Gasteiger partial charge in [0.15, 0.2) is 0 Å². The molecule has 3 nitrogen and oxygen atoms in total. The molecule has 1 aromatic rings. The summed E-state index contributed by atoms with van der Waals surface area (Å²) < 4.78 is 5.75. The lowest BCUT2D eigenvalue weighted by molar-refractivity contribution is -0.154. The van der Waals surface area contributed by atoms with Crippen molar-refractivity contribution in [3.8, 4) is 0 Å². The van der Waals surface area contributed by atoms with E-state index in [2.05, 4.69) is 5.32 Å². The summed E-state index contributed by atoms with van der Waals surface area (Å²) in [6, 6.07) is 9.43. The summed E-state index contributed by atoms with van der Waals surface area (Å²) in [5.74, 6) is 1.28. The summed E-state index contributed by atoms with van der Waals surface area (Å²) in [5, 5.41) is 3.06. The highest BCUT2D eigenvalue weighted by Crippen LogP contribution is 2.46. The molecule has 2 aliphatic carbocycles. The first-order chi connectivity index (χ1) is 9.28. The molecule has 0 radical (unpaired) electrons. The topological polar surface area (TPSA) is 38.3 Å². The molecule has 1 N–H and O–H groups in total. The highest BCUT2D eigenvalue weighted by molar-refractivity contribution is 5.77. The Morgan fingerprint density at radius 1 is 1.26 bits per heavy atom. The number of likely N-dealkylation sites (N-methyl/N-ethyl adjacent to an activating group) is 1. The summed E-state index contributed by atoms with van der Waals surface area (Å²) in [4.78, 5) is 12.3. The van der Waals surface area contributed by atoms with Crippen molar-refractivity contribution in [1.29, 1.82) is 0 Å². The van der Waals surface area contributed by atoms with E-state index in [1.807, 2.05) is 30.3 Å². The molecule has 0 amide bonds. The number of carbonyl (C=O) groups excluding carboxylic acids is 1. The van der Waals surface area contributed by atoms with Crippen molar-refractivity contribution in [3.05, 3.63) is 35.9 Å². The molecular formula is C16H21NO2. The first-order valence-corrected chi connectivity index (χ1v) is 7.20. The minimum absolute atomic E-state index is 0.133. The molecule has 4 atom stereocenters. The van der Waals surface area contributed by atoms with Gasteiger partial charge in [0.05, 0.1) is 0 Å². The largest absolute Gasteiger partial charge is 0.461 e. The van der Waals surface area contributed by atoms with E-state index in [-0.39, 0.29) is 18.1 Å². The van der Waals surface area contributed by atoms with Crippen LogP contribution in [0.2, 0.25) is 0 Å². The summed E-state index contributed by atoms with van der Waals surface area (Å²) in [7, 11) is 1.81. The van der Waals surface area contributed by atoms with E-state index in [0.717, 1.165) is 17.9 Å². The first-order valence-electron chi connectivity index (χ1n) is 7.20. The Hall–Kier alpha value is -1.35. The quantitative estimate of drug-likeness (QED) is 0.845. The molecule has 0 saturated heterocycles. The zero-order valence-electron chi connectivity index (χ0n) is 11.3. The number of esters is 1. The molecule has 0 aliphatic heterocycles. The van der Waals surface area contributed by atoms with E-state index in [4.69, 9.17) is 4.74 Å². The average Bonchev–Trinajstić information content (AvgIpc) is 3.03. The summed E-state index contributed by atoms with van der Waals surface area (Å²) in [6.07, 6.45) is 5.05. The summed E-state index contributed by atoms with van der Waals surface area (Å²) >= 11 is 0. The van der Waals surface area contributed by atoms with Gasteiger partial charge in [0.1, 0.15) is 12.1 Å². The Balaban J connectivity index is 1.65. The van der Waals surface area contributed by atoms with Crippen molar-refractivity contribution in [2.75, 3.05) is 7.05 Å². The molecule has 2 fully saturated rings. The molecule has 2 saturated carbocycles. The van der Waals surface area contributed by atoms with Crippen LogP contribution in [0.4, 0.5) is 0 Å². The third-order valence-electron chi connectivity index (χ3n) is 4.60. The van der Waals surface area contributed by atoms with Crippen LogP contribution in [0.5, 0.6) is 0 Å². The number of ether oxygens (including phenoxy) is 1. The Kier molecular flexibility index (Phi) is 3.56. The van der Waals surface area contributed by atoms with Crippen molar-refractivity contribution in [1.82, 2.24) is 5.32 Å². The second-order valence-electron chi connectivity index (χ2n) is 5.78. The number of carbonyl (C=O) groups is 1. The molecular weight excluding hydrogens is 238 g/mol. The maximum Gasteiger partial charge on any atom is 0.328 e. The molecule has 0 heterocycles. The smallest absolute Gasteiger partial charge is 0.328 e. The van der Waals surface area contributed by atoms with Crippen LogP contribution in [0.3, 0.4) is 0 Å². The molecule has 1 aromatic carbocycles. The van der Waals surface area contributed by atoms with Crippen LogP contribution in [-0.4, -0.2) is 19.1 Å². The van der Waals surface area contributed by atoms with Crippen molar-refractivity contribution in [3.63, 3.8) is 0 Å². The van der Waals surface area contributed by atoms with Gasteiger partial charge in [-0.3, -0.25) is 0 Å². The Morgan fingerprint density at radius 2 is 2.05 bits per heavy atom. The number of hydrogen-bond acceptors (Lipinski definition) is 3. The van der Waals surface area contributed by atoms with Gasteiger partial charge in [-0.2, -0.15) is 0 Å². The molecule has 0 aromatic heterocycles. The van der Waals surface area contributed by atoms with E-state index in [9.17, 15) is 4.79 Å². The lowest BCUT2D eigenvalue weighted by Gasteiger charge is -2.24. The summed E-state index contributed by atoms with van der Waals surface area (Å²) in [6.45, 7) is 0. The van der Waals surface area contributed by atoms with E-state index < -0.39 is 0 Å². The van der Waals surface area contributed by atoms with E-state index in [1.165, 1.54) is 19.3 Å². The number of benzene rings is 1. The van der Waals surface area contributed by atoms with Gasteiger partial charge in [0, 0.05) is 0 Å². The third kappa shape index (κ3) is 2.52. The van der Waals surface area contributed by atoms with Gasteiger partial charge >= 0.3 is 5.97 Å². The maximum absolute atomic E-state index is 12.3. The molecule has 19 heavy (non-hydrogen) atoms. The lowest BCUT2D eigenvalue weighted by atomic mass is 9.97. The normalized spacial score (nSPS) is 30.3. The summed E-state index contributed by atoms with van der Waals surface area (Å²) in [5.41, 5.74) is 0.971. The molecule has 2 bridgehead atoms. The van der Waals surface area contributed by atoms with Crippen molar-refractivity contribution in [2.45, 2.75) is 37.8 Å². The van der Waals surface area contributed by atoms with Crippen LogP contribution in [0.15, 0.2) is 30.3 Å². The van der Waals surface area contributed by atoms with Gasteiger partial charge in [-0.25, -0.2) is 4.79 Å². The lowest BCUT2D eigenvalue weighted by Crippen LogP contribution is -2.32. The van der Waals surface area contributed by atoms with Crippen LogP contribution in [0.1, 0.15) is 37.3 Å². The molecule has 3 rings (SSSR count). The third-order valence-corrected chi connectivity index (χ3v) is 4.60. The zero-order chi connectivity index (χ0) is 13.2. The second kappa shape index (κ2) is 5.33. The standard InChI is InChI=1S/C16H21NO2/c1-17-15(12-5-3-2-4-6-12)16(18)19-14-10-11-7-8-13(14)9-11/h2-6,11,13-15,17H,7-10H2,1H3. The molecule has 2 aliphatic rings. The van der Waals surface area contributed by atoms with Crippen molar-refractivity contribution in [2.24, 2.45) is 11.8 Å². The Labute approximate surface area is 114 Å².